The summed E-state index contributed by atoms with van der Waals surface area (Å²) in [4.78, 5) is 0. The van der Waals surface area contributed by atoms with Crippen LogP contribution in [0.4, 0.5) is 0 Å². The average molecular weight is 231 g/mol. The molecule has 3 heteroatoms. The van der Waals surface area contributed by atoms with E-state index in [0.29, 0.717) is 0 Å². The van der Waals surface area contributed by atoms with E-state index in [-0.39, 0.29) is 0 Å². The molecule has 0 aromatic carbocycles. The molecule has 0 aliphatic carbocycles. The van der Waals surface area contributed by atoms with Crippen LogP contribution in [-0.2, 0) is 0 Å². The predicted molar refractivity (Wildman–Crippen MR) is 71.7 cm³/mol. The largest absolute Gasteiger partial charge is 0.0696 e. The molecule has 0 nitrogen and oxygen atoms in total. The third-order valence-electron chi connectivity index (χ3n) is 3.69. The molecular formula is C10H26Si3. The topological polar surface area (TPSA) is 0 Å². The molecule has 0 N–H and O–H groups in total. The van der Waals surface area contributed by atoms with Crippen molar-refractivity contribution in [3.8, 4) is 0 Å². The van der Waals surface area contributed by atoms with Crippen LogP contribution in [0.5, 0.6) is 0 Å². The fourth-order valence-corrected chi connectivity index (χ4v) is 35.6. The third kappa shape index (κ3) is 2.02. The molecule has 0 radical (unpaired) electrons. The van der Waals surface area contributed by atoms with Gasteiger partial charge in [-0.1, -0.05) is 62.7 Å². The normalized spacial score (nSPS) is 33.2. The van der Waals surface area contributed by atoms with Crippen molar-refractivity contribution in [2.24, 2.45) is 0 Å². The first-order valence-corrected chi connectivity index (χ1v) is 15.8. The van der Waals surface area contributed by atoms with Crippen LogP contribution in [0.3, 0.4) is 0 Å². The molecule has 0 bridgehead atoms. The van der Waals surface area contributed by atoms with Crippen molar-refractivity contribution in [1.82, 2.24) is 0 Å². The van der Waals surface area contributed by atoms with Crippen molar-refractivity contribution in [3.63, 3.8) is 0 Å². The van der Waals surface area contributed by atoms with Crippen LogP contribution in [0.2, 0.25) is 62.7 Å². The van der Waals surface area contributed by atoms with E-state index in [9.17, 15) is 0 Å². The molecule has 1 aliphatic heterocycles. The van der Waals surface area contributed by atoms with Gasteiger partial charge in [-0.2, -0.15) is 0 Å². The van der Waals surface area contributed by atoms with Crippen molar-refractivity contribution < 1.29 is 0 Å². The molecule has 0 aromatic rings. The highest BCUT2D eigenvalue weighted by Crippen LogP contribution is 2.67. The van der Waals surface area contributed by atoms with Gasteiger partial charge in [-0.3, -0.25) is 0 Å². The van der Waals surface area contributed by atoms with Gasteiger partial charge in [0.2, 0.25) is 0 Å². The molecule has 1 heterocycles. The Labute approximate surface area is 87.2 Å². The molecule has 0 amide bonds. The molecule has 1 aliphatic rings. The van der Waals surface area contributed by atoms with Gasteiger partial charge in [0.05, 0.1) is 0 Å². The van der Waals surface area contributed by atoms with Crippen molar-refractivity contribution in [3.05, 3.63) is 0 Å². The summed E-state index contributed by atoms with van der Waals surface area (Å²) in [5.41, 5.74) is 0. The Kier molecular flexibility index (Phi) is 2.55. The quantitative estimate of drug-likeness (QED) is 0.624. The minimum atomic E-state index is -0.835. The lowest BCUT2D eigenvalue weighted by Gasteiger charge is -2.21. The first-order chi connectivity index (χ1) is 5.49. The molecular weight excluding hydrogens is 204 g/mol. The maximum atomic E-state index is 2.64. The van der Waals surface area contributed by atoms with Gasteiger partial charge in [0.1, 0.15) is 0 Å². The monoisotopic (exact) mass is 230 g/mol. The van der Waals surface area contributed by atoms with Crippen LogP contribution in [0, 0.1) is 0 Å². The Hall–Kier alpha value is 0.651. The van der Waals surface area contributed by atoms with Crippen LogP contribution in [0.25, 0.3) is 0 Å². The molecule has 2 atom stereocenters. The molecule has 0 spiro atoms. The second kappa shape index (κ2) is 2.83. The summed E-state index contributed by atoms with van der Waals surface area (Å²) in [5, 5.41) is 2.46. The predicted octanol–water partition coefficient (Wildman–Crippen LogP) is 4.20. The highest BCUT2D eigenvalue weighted by Gasteiger charge is 2.67. The zero-order valence-corrected chi connectivity index (χ0v) is 13.7. The van der Waals surface area contributed by atoms with E-state index in [1.807, 2.05) is 0 Å². The van der Waals surface area contributed by atoms with Gasteiger partial charge in [-0.25, -0.2) is 0 Å². The van der Waals surface area contributed by atoms with Gasteiger partial charge < -0.3 is 0 Å². The zero-order chi connectivity index (χ0) is 10.7. The summed E-state index contributed by atoms with van der Waals surface area (Å²) in [7, 11) is -2.44. The fourth-order valence-electron chi connectivity index (χ4n) is 3.87. The Morgan fingerprint density at radius 1 is 0.692 bits per heavy atom. The maximum absolute atomic E-state index is 2.64. The van der Waals surface area contributed by atoms with Crippen LogP contribution < -0.4 is 0 Å². The number of hydrogen-bond donors (Lipinski definition) is 0. The van der Waals surface area contributed by atoms with Crippen LogP contribution >= 0.6 is 0 Å². The highest BCUT2D eigenvalue weighted by atomic mass is 28.4. The van der Waals surface area contributed by atoms with Crippen LogP contribution in [-0.4, -0.2) is 24.2 Å². The van der Waals surface area contributed by atoms with E-state index in [1.54, 1.807) is 0 Å². The van der Waals surface area contributed by atoms with Crippen molar-refractivity contribution >= 4 is 24.2 Å². The van der Waals surface area contributed by atoms with E-state index in [1.165, 1.54) is 10.3 Å². The lowest BCUT2D eigenvalue weighted by Crippen LogP contribution is -2.26. The zero-order valence-electron chi connectivity index (χ0n) is 10.7. The first kappa shape index (κ1) is 11.7. The van der Waals surface area contributed by atoms with Gasteiger partial charge in [-0.15, -0.1) is 0 Å². The van der Waals surface area contributed by atoms with E-state index < -0.39 is 24.2 Å². The minimum absolute atomic E-state index is 0.767. The standard InChI is InChI=1S/C10H26Si3/c1-11(2,3)9-10(12(4,5)6)13(9,7)8/h9-10H,1-8H3. The minimum Gasteiger partial charge on any atom is -0.0696 e. The first-order valence-electron chi connectivity index (χ1n) is 5.49. The summed E-state index contributed by atoms with van der Waals surface area (Å²) >= 11 is 0. The SMILES string of the molecule is C[Si](C)(C)C1C([Si](C)(C)C)[Si]1(C)C. The Balaban J connectivity index is 2.85. The molecule has 1 rings (SSSR count). The Morgan fingerprint density at radius 3 is 1.00 bits per heavy atom. The molecule has 78 valence electrons. The van der Waals surface area contributed by atoms with Crippen LogP contribution in [0.15, 0.2) is 0 Å². The number of hydrogen-bond acceptors (Lipinski definition) is 0. The summed E-state index contributed by atoms with van der Waals surface area (Å²) in [5.74, 6) is 0. The molecule has 1 fully saturated rings. The second-order valence-corrected chi connectivity index (χ2v) is 24.3. The maximum Gasteiger partial charge on any atom is 0.0477 e. The van der Waals surface area contributed by atoms with Gasteiger partial charge in [0.25, 0.3) is 0 Å². The summed E-state index contributed by atoms with van der Waals surface area (Å²) in [6.45, 7) is 20.7. The fraction of sp³-hybridized carbons (Fsp3) is 1.00. The molecule has 2 unspecified atom stereocenters. The van der Waals surface area contributed by atoms with Gasteiger partial charge in [0.15, 0.2) is 0 Å². The molecule has 13 heavy (non-hydrogen) atoms. The summed E-state index contributed by atoms with van der Waals surface area (Å²) in [6.07, 6.45) is 0. The lowest BCUT2D eigenvalue weighted by atomic mass is 10.9. The van der Waals surface area contributed by atoms with Gasteiger partial charge in [-0.05, 0) is 0 Å². The Bertz CT molecular complexity index is 185. The van der Waals surface area contributed by atoms with E-state index in [2.05, 4.69) is 52.4 Å². The van der Waals surface area contributed by atoms with E-state index >= 15 is 0 Å². The lowest BCUT2D eigenvalue weighted by molar-refractivity contribution is 1.27. The van der Waals surface area contributed by atoms with Crippen molar-refractivity contribution in [2.45, 2.75) is 62.7 Å². The smallest absolute Gasteiger partial charge is 0.0477 e. The van der Waals surface area contributed by atoms with Crippen molar-refractivity contribution in [2.75, 3.05) is 0 Å². The van der Waals surface area contributed by atoms with Gasteiger partial charge in [0, 0.05) is 24.2 Å². The summed E-state index contributed by atoms with van der Waals surface area (Å²) in [6, 6.07) is 0. The molecule has 1 saturated heterocycles. The molecule has 0 saturated carbocycles. The van der Waals surface area contributed by atoms with Crippen molar-refractivity contribution in [1.29, 1.82) is 0 Å². The van der Waals surface area contributed by atoms with E-state index in [0.717, 1.165) is 0 Å². The highest BCUT2D eigenvalue weighted by molar-refractivity contribution is 7.16. The second-order valence-electron chi connectivity index (χ2n) is 7.51. The Morgan fingerprint density at radius 2 is 0.923 bits per heavy atom. The van der Waals surface area contributed by atoms with Gasteiger partial charge >= 0.3 is 0 Å². The van der Waals surface area contributed by atoms with Crippen LogP contribution in [0.1, 0.15) is 0 Å². The van der Waals surface area contributed by atoms with E-state index in [4.69, 9.17) is 0 Å². The third-order valence-corrected chi connectivity index (χ3v) is 22.2. The average Bonchev–Trinajstić information content (AvgIpc) is 2.29. The molecule has 0 aromatic heterocycles. The number of rotatable bonds is 2. The summed E-state index contributed by atoms with van der Waals surface area (Å²) < 4.78 is 0.